The largest absolute Gasteiger partial charge is 0.356 e. The van der Waals surface area contributed by atoms with Crippen LogP contribution >= 0.6 is 0 Å². The van der Waals surface area contributed by atoms with E-state index in [1.54, 1.807) is 11.9 Å². The van der Waals surface area contributed by atoms with Gasteiger partial charge >= 0.3 is 6.03 Å². The van der Waals surface area contributed by atoms with Crippen molar-refractivity contribution >= 4 is 27.9 Å². The van der Waals surface area contributed by atoms with E-state index in [1.165, 1.54) is 10.6 Å². The number of urea groups is 1. The van der Waals surface area contributed by atoms with Crippen molar-refractivity contribution < 1.29 is 13.2 Å². The summed E-state index contributed by atoms with van der Waals surface area (Å²) in [6, 6.07) is -0.172. The van der Waals surface area contributed by atoms with Crippen molar-refractivity contribution in [1.29, 1.82) is 0 Å². The maximum absolute atomic E-state index is 11.8. The maximum Gasteiger partial charge on any atom is 0.323 e. The van der Waals surface area contributed by atoms with E-state index >= 15 is 0 Å². The number of amides is 2. The molecular weight excluding hydrogens is 358 g/mol. The summed E-state index contributed by atoms with van der Waals surface area (Å²) in [5.41, 5.74) is 0.921. The Morgan fingerprint density at radius 2 is 1.88 bits per heavy atom. The van der Waals surface area contributed by atoms with Crippen LogP contribution in [0.15, 0.2) is 6.33 Å². The van der Waals surface area contributed by atoms with Gasteiger partial charge in [-0.05, 0) is 24.7 Å². The Kier molecular flexibility index (Phi) is 4.04. The lowest BCUT2D eigenvalue weighted by atomic mass is 9.78. The Morgan fingerprint density at radius 3 is 2.54 bits per heavy atom. The molecule has 10 nitrogen and oxygen atoms in total. The van der Waals surface area contributed by atoms with Crippen molar-refractivity contribution in [2.24, 2.45) is 10.6 Å². The first-order chi connectivity index (χ1) is 12.3. The van der Waals surface area contributed by atoms with Crippen molar-refractivity contribution in [2.45, 2.75) is 25.8 Å². The monoisotopic (exact) mass is 381 g/mol. The number of carbonyl (C=O) groups excluding carboxylic acids is 1. The zero-order chi connectivity index (χ0) is 18.5. The van der Waals surface area contributed by atoms with E-state index in [4.69, 9.17) is 5.14 Å². The van der Waals surface area contributed by atoms with Gasteiger partial charge in [-0.25, -0.2) is 19.9 Å². The van der Waals surface area contributed by atoms with Crippen LogP contribution < -0.4 is 15.4 Å². The summed E-state index contributed by atoms with van der Waals surface area (Å²) < 4.78 is 24.6. The van der Waals surface area contributed by atoms with Crippen molar-refractivity contribution in [3.63, 3.8) is 0 Å². The minimum Gasteiger partial charge on any atom is -0.356 e. The van der Waals surface area contributed by atoms with Gasteiger partial charge in [0.2, 0.25) is 0 Å². The lowest BCUT2D eigenvalue weighted by Gasteiger charge is -2.40. The van der Waals surface area contributed by atoms with Gasteiger partial charge < -0.3 is 9.80 Å². The second kappa shape index (κ2) is 6.03. The smallest absolute Gasteiger partial charge is 0.323 e. The molecule has 2 saturated heterocycles. The lowest BCUT2D eigenvalue weighted by Crippen LogP contribution is -2.44. The average molecular weight is 381 g/mol. The molecule has 0 bridgehead atoms. The Hall–Kier alpha value is -1.98. The van der Waals surface area contributed by atoms with Crippen molar-refractivity contribution in [2.75, 3.05) is 43.4 Å². The molecule has 11 heteroatoms. The maximum atomic E-state index is 11.8. The molecule has 0 aliphatic carbocycles. The van der Waals surface area contributed by atoms with Crippen LogP contribution in [0.5, 0.6) is 0 Å². The quantitative estimate of drug-likeness (QED) is 0.740. The third-order valence-electron chi connectivity index (χ3n) is 5.78. The van der Waals surface area contributed by atoms with E-state index in [0.29, 0.717) is 25.5 Å². The van der Waals surface area contributed by atoms with E-state index in [1.807, 2.05) is 0 Å². The SMILES string of the molecule is CN1Cc2c(ncnc2N2CCC3(CC2)CCN(S(N)(=O)=O)C3)NC1=O. The highest BCUT2D eigenvalue weighted by molar-refractivity contribution is 7.86. The number of hydrogen-bond acceptors (Lipinski definition) is 6. The van der Waals surface area contributed by atoms with Crippen LogP contribution in [0.1, 0.15) is 24.8 Å². The lowest BCUT2D eigenvalue weighted by molar-refractivity contribution is 0.218. The number of nitrogens with two attached hydrogens (primary N) is 1. The van der Waals surface area contributed by atoms with Crippen LogP contribution in [0, 0.1) is 5.41 Å². The van der Waals surface area contributed by atoms with Gasteiger partial charge in [-0.3, -0.25) is 5.32 Å². The molecule has 2 fully saturated rings. The molecule has 2 amide bonds. The summed E-state index contributed by atoms with van der Waals surface area (Å²) in [6.07, 6.45) is 4.10. The summed E-state index contributed by atoms with van der Waals surface area (Å²) >= 11 is 0. The Labute approximate surface area is 152 Å². The summed E-state index contributed by atoms with van der Waals surface area (Å²) in [5, 5.41) is 8.06. The topological polar surface area (TPSA) is 125 Å². The first-order valence-corrected chi connectivity index (χ1v) is 10.2. The summed E-state index contributed by atoms with van der Waals surface area (Å²) in [7, 11) is -1.88. The highest BCUT2D eigenvalue weighted by Gasteiger charge is 2.44. The molecule has 4 rings (SSSR count). The molecule has 1 aromatic heterocycles. The van der Waals surface area contributed by atoms with Crippen LogP contribution in [-0.4, -0.2) is 66.8 Å². The second-order valence-corrected chi connectivity index (χ2v) is 8.97. The molecule has 0 saturated carbocycles. The molecule has 0 atom stereocenters. The molecule has 26 heavy (non-hydrogen) atoms. The van der Waals surface area contributed by atoms with Gasteiger partial charge in [-0.15, -0.1) is 0 Å². The number of nitrogens with zero attached hydrogens (tertiary/aromatic N) is 5. The van der Waals surface area contributed by atoms with Crippen molar-refractivity contribution in [3.8, 4) is 0 Å². The highest BCUT2D eigenvalue weighted by Crippen LogP contribution is 2.42. The summed E-state index contributed by atoms with van der Waals surface area (Å²) in [6.45, 7) is 3.05. The predicted molar refractivity (Wildman–Crippen MR) is 95.7 cm³/mol. The van der Waals surface area contributed by atoms with Gasteiger partial charge in [0.05, 0.1) is 12.1 Å². The van der Waals surface area contributed by atoms with E-state index in [0.717, 1.165) is 43.7 Å². The summed E-state index contributed by atoms with van der Waals surface area (Å²) in [4.78, 5) is 24.2. The highest BCUT2D eigenvalue weighted by atomic mass is 32.2. The number of fused-ring (bicyclic) bond motifs is 1. The minimum atomic E-state index is -3.61. The fourth-order valence-corrected chi connectivity index (χ4v) is 4.95. The zero-order valence-electron chi connectivity index (χ0n) is 14.7. The molecule has 1 spiro atoms. The number of hydrogen-bond donors (Lipinski definition) is 2. The van der Waals surface area contributed by atoms with Crippen LogP contribution in [0.3, 0.4) is 0 Å². The number of anilines is 2. The zero-order valence-corrected chi connectivity index (χ0v) is 15.5. The molecule has 3 aliphatic heterocycles. The molecule has 4 heterocycles. The minimum absolute atomic E-state index is 0.00103. The van der Waals surface area contributed by atoms with Crippen molar-refractivity contribution in [3.05, 3.63) is 11.9 Å². The van der Waals surface area contributed by atoms with E-state index in [-0.39, 0.29) is 11.4 Å². The molecule has 142 valence electrons. The van der Waals surface area contributed by atoms with Crippen molar-refractivity contribution in [1.82, 2.24) is 19.2 Å². The normalized spacial score (nSPS) is 23.2. The third-order valence-corrected chi connectivity index (χ3v) is 6.81. The molecule has 0 radical (unpaired) electrons. The number of rotatable bonds is 2. The Morgan fingerprint density at radius 1 is 1.19 bits per heavy atom. The van der Waals surface area contributed by atoms with Gasteiger partial charge in [-0.2, -0.15) is 12.7 Å². The van der Waals surface area contributed by atoms with Gasteiger partial charge in [0, 0.05) is 33.2 Å². The molecular formula is C15H23N7O3S. The molecule has 3 N–H and O–H groups in total. The van der Waals surface area contributed by atoms with Gasteiger partial charge in [-0.1, -0.05) is 0 Å². The number of nitrogens with one attached hydrogen (secondary N) is 1. The summed E-state index contributed by atoms with van der Waals surface area (Å²) in [5.74, 6) is 1.41. The number of aromatic nitrogens is 2. The number of carbonyl (C=O) groups is 1. The Balaban J connectivity index is 1.50. The molecule has 3 aliphatic rings. The van der Waals surface area contributed by atoms with E-state index in [2.05, 4.69) is 20.2 Å². The van der Waals surface area contributed by atoms with E-state index in [9.17, 15) is 13.2 Å². The van der Waals surface area contributed by atoms with Crippen LogP contribution in [-0.2, 0) is 16.8 Å². The molecule has 0 unspecified atom stereocenters. The second-order valence-electron chi connectivity index (χ2n) is 7.43. The average Bonchev–Trinajstić information content (AvgIpc) is 3.01. The Bertz CT molecular complexity index is 836. The third kappa shape index (κ3) is 2.99. The molecule has 0 aromatic carbocycles. The fraction of sp³-hybridized carbons (Fsp3) is 0.667. The fourth-order valence-electron chi connectivity index (χ4n) is 4.15. The van der Waals surface area contributed by atoms with Crippen LogP contribution in [0.2, 0.25) is 0 Å². The standard InChI is InChI=1S/C15H23N7O3S/c1-20-8-11-12(19-14(20)23)17-10-18-13(11)21-5-2-15(3-6-21)4-7-22(9-15)26(16,24)25/h10H,2-9H2,1H3,(H2,16,24,25)(H,17,18,19,23). The number of piperidine rings is 1. The van der Waals surface area contributed by atoms with Gasteiger partial charge in [0.1, 0.15) is 18.0 Å². The van der Waals surface area contributed by atoms with E-state index < -0.39 is 10.2 Å². The van der Waals surface area contributed by atoms with Gasteiger partial charge in [0.25, 0.3) is 10.2 Å². The van der Waals surface area contributed by atoms with Crippen LogP contribution in [0.25, 0.3) is 0 Å². The van der Waals surface area contributed by atoms with Gasteiger partial charge in [0.15, 0.2) is 0 Å². The predicted octanol–water partition coefficient (Wildman–Crippen LogP) is -0.0503. The first kappa shape index (κ1) is 17.4. The molecule has 1 aromatic rings. The first-order valence-electron chi connectivity index (χ1n) is 8.66. The van der Waals surface area contributed by atoms with Crippen LogP contribution in [0.4, 0.5) is 16.4 Å².